The number of aromatic nitrogens is 2. The topological polar surface area (TPSA) is 110 Å². The summed E-state index contributed by atoms with van der Waals surface area (Å²) in [6.07, 6.45) is 1.36. The number of aliphatic hydroxyl groups is 1. The van der Waals surface area contributed by atoms with E-state index in [0.29, 0.717) is 6.54 Å². The number of nitrogens with two attached hydrogens (primary N) is 1. The molecule has 8 heteroatoms. The molecule has 1 aromatic rings. The third-order valence-electron chi connectivity index (χ3n) is 2.06. The lowest BCUT2D eigenvalue weighted by atomic mass is 10.1. The van der Waals surface area contributed by atoms with E-state index >= 15 is 0 Å². The van der Waals surface area contributed by atoms with E-state index in [0.717, 1.165) is 0 Å². The van der Waals surface area contributed by atoms with E-state index in [1.807, 2.05) is 6.92 Å². The van der Waals surface area contributed by atoms with E-state index in [1.165, 1.54) is 24.7 Å². The van der Waals surface area contributed by atoms with Gasteiger partial charge in [-0.15, -0.1) is 0 Å². The van der Waals surface area contributed by atoms with Gasteiger partial charge in [0.25, 0.3) is 0 Å². The van der Waals surface area contributed by atoms with E-state index < -0.39 is 15.6 Å². The molecule has 4 N–H and O–H groups in total. The van der Waals surface area contributed by atoms with Crippen molar-refractivity contribution in [3.05, 3.63) is 6.20 Å². The van der Waals surface area contributed by atoms with Gasteiger partial charge in [-0.05, 0) is 20.8 Å². The highest BCUT2D eigenvalue weighted by atomic mass is 32.2. The molecule has 7 nitrogen and oxygen atoms in total. The monoisotopic (exact) mass is 262 g/mol. The second kappa shape index (κ2) is 4.63. The minimum absolute atomic E-state index is 0.0462. The second-order valence-electron chi connectivity index (χ2n) is 4.37. The first-order valence-corrected chi connectivity index (χ1v) is 6.69. The number of aryl methyl sites for hydroxylation is 1. The number of nitrogen functional groups attached to an aromatic ring is 1. The molecule has 0 saturated carbocycles. The molecule has 1 heterocycles. The van der Waals surface area contributed by atoms with E-state index in [2.05, 4.69) is 9.82 Å². The van der Waals surface area contributed by atoms with Crippen molar-refractivity contribution in [1.29, 1.82) is 0 Å². The lowest BCUT2D eigenvalue weighted by Gasteiger charge is -2.17. The van der Waals surface area contributed by atoms with Crippen LogP contribution in [0.5, 0.6) is 0 Å². The lowest BCUT2D eigenvalue weighted by Crippen LogP contribution is -2.38. The van der Waals surface area contributed by atoms with Crippen molar-refractivity contribution in [3.63, 3.8) is 0 Å². The minimum atomic E-state index is -3.73. The standard InChI is InChI=1S/C9H18N4O3S/c1-4-13-5-7(8(10)12-13)17(15,16)11-6-9(2,3)14/h5,11,14H,4,6H2,1-3H3,(H2,10,12). The molecule has 0 amide bonds. The van der Waals surface area contributed by atoms with Crippen molar-refractivity contribution in [1.82, 2.24) is 14.5 Å². The van der Waals surface area contributed by atoms with Crippen LogP contribution in [0.3, 0.4) is 0 Å². The van der Waals surface area contributed by atoms with Crippen molar-refractivity contribution in [2.24, 2.45) is 0 Å². The number of nitrogens with one attached hydrogen (secondary N) is 1. The zero-order chi connectivity index (χ0) is 13.3. The summed E-state index contributed by atoms with van der Waals surface area (Å²) in [6, 6.07) is 0. The molecule has 0 aliphatic heterocycles. The Hall–Kier alpha value is -1.12. The van der Waals surface area contributed by atoms with Gasteiger partial charge < -0.3 is 10.8 Å². The van der Waals surface area contributed by atoms with Crippen LogP contribution in [0.2, 0.25) is 0 Å². The molecule has 0 atom stereocenters. The molecule has 0 aromatic carbocycles. The Balaban J connectivity index is 2.93. The summed E-state index contributed by atoms with van der Waals surface area (Å²) in [5.74, 6) is -0.0462. The highest BCUT2D eigenvalue weighted by molar-refractivity contribution is 7.89. The number of rotatable bonds is 5. The normalized spacial score (nSPS) is 12.9. The van der Waals surface area contributed by atoms with Crippen molar-refractivity contribution >= 4 is 15.8 Å². The molecule has 0 unspecified atom stereocenters. The van der Waals surface area contributed by atoms with E-state index in [1.54, 1.807) is 0 Å². The smallest absolute Gasteiger partial charge is 0.245 e. The highest BCUT2D eigenvalue weighted by Gasteiger charge is 2.23. The third kappa shape index (κ3) is 3.69. The molecule has 0 radical (unpaired) electrons. The quantitative estimate of drug-likeness (QED) is 0.664. The fourth-order valence-corrected chi connectivity index (χ4v) is 2.41. The predicted molar refractivity (Wildman–Crippen MR) is 63.8 cm³/mol. The fraction of sp³-hybridized carbons (Fsp3) is 0.667. The maximum atomic E-state index is 11.9. The van der Waals surface area contributed by atoms with Crippen molar-refractivity contribution in [2.45, 2.75) is 37.8 Å². The van der Waals surface area contributed by atoms with Crippen LogP contribution in [-0.2, 0) is 16.6 Å². The van der Waals surface area contributed by atoms with E-state index in [4.69, 9.17) is 5.73 Å². The van der Waals surface area contributed by atoms with Gasteiger partial charge in [-0.3, -0.25) is 4.68 Å². The Kier molecular flexibility index (Phi) is 3.80. The third-order valence-corrected chi connectivity index (χ3v) is 3.48. The van der Waals surface area contributed by atoms with Crippen molar-refractivity contribution in [3.8, 4) is 0 Å². The Morgan fingerprint density at radius 1 is 1.59 bits per heavy atom. The zero-order valence-electron chi connectivity index (χ0n) is 10.1. The lowest BCUT2D eigenvalue weighted by molar-refractivity contribution is 0.0857. The van der Waals surface area contributed by atoms with Gasteiger partial charge >= 0.3 is 0 Å². The maximum Gasteiger partial charge on any atom is 0.245 e. The number of sulfonamides is 1. The number of nitrogens with zero attached hydrogens (tertiary/aromatic N) is 2. The molecule has 0 bridgehead atoms. The first kappa shape index (κ1) is 13.9. The average Bonchev–Trinajstić information content (AvgIpc) is 2.57. The molecule has 0 aliphatic rings. The Morgan fingerprint density at radius 2 is 2.18 bits per heavy atom. The van der Waals surface area contributed by atoms with Crippen LogP contribution in [0.15, 0.2) is 11.1 Å². The van der Waals surface area contributed by atoms with Gasteiger partial charge in [-0.1, -0.05) is 0 Å². The number of hydrogen-bond donors (Lipinski definition) is 3. The SMILES string of the molecule is CCn1cc(S(=O)(=O)NCC(C)(C)O)c(N)n1. The van der Waals surface area contributed by atoms with Crippen LogP contribution in [-0.4, -0.2) is 35.5 Å². The van der Waals surface area contributed by atoms with Gasteiger partial charge in [0.1, 0.15) is 4.90 Å². The average molecular weight is 262 g/mol. The van der Waals surface area contributed by atoms with Gasteiger partial charge in [-0.2, -0.15) is 5.10 Å². The summed E-state index contributed by atoms with van der Waals surface area (Å²) < 4.78 is 27.5. The Bertz CT molecular complexity index is 487. The largest absolute Gasteiger partial charge is 0.389 e. The summed E-state index contributed by atoms with van der Waals surface area (Å²) in [4.78, 5) is -0.0661. The minimum Gasteiger partial charge on any atom is -0.389 e. The van der Waals surface area contributed by atoms with Crippen LogP contribution in [0, 0.1) is 0 Å². The molecule has 0 spiro atoms. The van der Waals surface area contributed by atoms with E-state index in [9.17, 15) is 13.5 Å². The number of hydrogen-bond acceptors (Lipinski definition) is 5. The van der Waals surface area contributed by atoms with Gasteiger partial charge in [0.05, 0.1) is 5.60 Å². The molecule has 0 fully saturated rings. The fourth-order valence-electron chi connectivity index (χ4n) is 1.14. The Morgan fingerprint density at radius 3 is 2.59 bits per heavy atom. The van der Waals surface area contributed by atoms with Crippen LogP contribution in [0.25, 0.3) is 0 Å². The zero-order valence-corrected chi connectivity index (χ0v) is 11.0. The van der Waals surface area contributed by atoms with Gasteiger partial charge in [-0.25, -0.2) is 13.1 Å². The first-order chi connectivity index (χ1) is 7.65. The Labute approximate surface area is 101 Å². The summed E-state index contributed by atoms with van der Waals surface area (Å²) in [5, 5.41) is 13.3. The van der Waals surface area contributed by atoms with Gasteiger partial charge in [0, 0.05) is 19.3 Å². The van der Waals surface area contributed by atoms with Crippen LogP contribution < -0.4 is 10.5 Å². The molecular weight excluding hydrogens is 244 g/mol. The van der Waals surface area contributed by atoms with Crippen LogP contribution >= 0.6 is 0 Å². The predicted octanol–water partition coefficient (Wildman–Crippen LogP) is -0.466. The molecule has 1 rings (SSSR count). The molecular formula is C9H18N4O3S. The molecule has 1 aromatic heterocycles. The highest BCUT2D eigenvalue weighted by Crippen LogP contribution is 2.16. The number of anilines is 1. The van der Waals surface area contributed by atoms with Crippen LogP contribution in [0.4, 0.5) is 5.82 Å². The van der Waals surface area contributed by atoms with E-state index in [-0.39, 0.29) is 17.3 Å². The summed E-state index contributed by atoms with van der Waals surface area (Å²) in [7, 11) is -3.73. The summed E-state index contributed by atoms with van der Waals surface area (Å²) >= 11 is 0. The molecule has 0 saturated heterocycles. The molecule has 98 valence electrons. The van der Waals surface area contributed by atoms with Crippen LogP contribution in [0.1, 0.15) is 20.8 Å². The van der Waals surface area contributed by atoms with Gasteiger partial charge in [0.2, 0.25) is 10.0 Å². The van der Waals surface area contributed by atoms with Crippen molar-refractivity contribution < 1.29 is 13.5 Å². The molecule has 17 heavy (non-hydrogen) atoms. The molecule has 0 aliphatic carbocycles. The summed E-state index contributed by atoms with van der Waals surface area (Å²) in [6.45, 7) is 5.28. The second-order valence-corrected chi connectivity index (χ2v) is 6.11. The van der Waals surface area contributed by atoms with Gasteiger partial charge in [0.15, 0.2) is 5.82 Å². The summed E-state index contributed by atoms with van der Waals surface area (Å²) in [5.41, 5.74) is 4.41. The maximum absolute atomic E-state index is 11.9. The van der Waals surface area contributed by atoms with Crippen molar-refractivity contribution in [2.75, 3.05) is 12.3 Å². The first-order valence-electron chi connectivity index (χ1n) is 5.20.